The number of nitrogens with zero attached hydrogens (tertiary/aromatic N) is 1. The highest BCUT2D eigenvalue weighted by Gasteiger charge is 2.30. The van der Waals surface area contributed by atoms with Gasteiger partial charge in [-0.15, -0.1) is 11.3 Å². The molecule has 0 aliphatic rings. The second-order valence-corrected chi connectivity index (χ2v) is 4.72. The maximum absolute atomic E-state index is 11.9. The zero-order valence-corrected chi connectivity index (χ0v) is 10.1. The summed E-state index contributed by atoms with van der Waals surface area (Å²) in [5, 5.41) is 5.34. The van der Waals surface area contributed by atoms with Crippen LogP contribution >= 0.6 is 11.3 Å². The van der Waals surface area contributed by atoms with E-state index in [1.807, 2.05) is 26.2 Å². The Morgan fingerprint density at radius 1 is 1.73 bits per heavy atom. The topological polar surface area (TPSA) is 68.0 Å². The molecule has 0 radical (unpaired) electrons. The lowest BCUT2D eigenvalue weighted by atomic mass is 9.87. The Hall–Kier alpha value is -0.940. The van der Waals surface area contributed by atoms with Gasteiger partial charge in [-0.1, -0.05) is 6.92 Å². The summed E-state index contributed by atoms with van der Waals surface area (Å²) in [6.45, 7) is 6.07. The predicted octanol–water partition coefficient (Wildman–Crippen LogP) is 1.77. The molecule has 1 heterocycles. The molecule has 1 atom stereocenters. The molecular weight excluding hydrogens is 210 g/mol. The maximum atomic E-state index is 11.9. The first-order valence-electron chi connectivity index (χ1n) is 4.95. The van der Waals surface area contributed by atoms with Crippen LogP contribution in [0.1, 0.15) is 26.0 Å². The second kappa shape index (κ2) is 4.72. The van der Waals surface area contributed by atoms with Crippen molar-refractivity contribution < 1.29 is 4.79 Å². The van der Waals surface area contributed by atoms with E-state index in [2.05, 4.69) is 10.3 Å². The van der Waals surface area contributed by atoms with Gasteiger partial charge in [0.1, 0.15) is 0 Å². The van der Waals surface area contributed by atoms with Gasteiger partial charge in [-0.05, 0) is 20.3 Å². The zero-order chi connectivity index (χ0) is 11.5. The number of amides is 1. The summed E-state index contributed by atoms with van der Waals surface area (Å²) in [6, 6.07) is 0. The second-order valence-electron chi connectivity index (χ2n) is 3.87. The Bertz CT molecular complexity index is 344. The molecule has 1 unspecified atom stereocenters. The number of carbonyl (C=O) groups excluding carboxylic acids is 1. The lowest BCUT2D eigenvalue weighted by Crippen LogP contribution is -2.39. The minimum absolute atomic E-state index is 0.0538. The van der Waals surface area contributed by atoms with Crippen LogP contribution in [-0.4, -0.2) is 17.4 Å². The first kappa shape index (κ1) is 12.1. The molecule has 0 saturated carbocycles. The number of hydrogen-bond acceptors (Lipinski definition) is 4. The van der Waals surface area contributed by atoms with E-state index < -0.39 is 5.41 Å². The molecule has 0 spiro atoms. The molecule has 0 aliphatic carbocycles. The zero-order valence-electron chi connectivity index (χ0n) is 9.33. The van der Waals surface area contributed by atoms with Crippen LogP contribution < -0.4 is 11.1 Å². The summed E-state index contributed by atoms with van der Waals surface area (Å²) in [5.41, 5.74) is 6.02. The Morgan fingerprint density at radius 3 is 2.80 bits per heavy atom. The molecule has 3 N–H and O–H groups in total. The van der Waals surface area contributed by atoms with Crippen LogP contribution in [0.3, 0.4) is 0 Å². The van der Waals surface area contributed by atoms with Crippen molar-refractivity contribution in [2.24, 2.45) is 11.1 Å². The van der Waals surface area contributed by atoms with E-state index in [4.69, 9.17) is 5.73 Å². The van der Waals surface area contributed by atoms with Gasteiger partial charge in [0, 0.05) is 11.9 Å². The van der Waals surface area contributed by atoms with Gasteiger partial charge >= 0.3 is 0 Å². The Balaban J connectivity index is 2.70. The number of hydrogen-bond donors (Lipinski definition) is 2. The van der Waals surface area contributed by atoms with Crippen LogP contribution in [0, 0.1) is 12.3 Å². The van der Waals surface area contributed by atoms with E-state index in [-0.39, 0.29) is 5.91 Å². The van der Waals surface area contributed by atoms with Crippen molar-refractivity contribution in [3.63, 3.8) is 0 Å². The highest BCUT2D eigenvalue weighted by Crippen LogP contribution is 2.23. The van der Waals surface area contributed by atoms with Crippen molar-refractivity contribution in [1.82, 2.24) is 4.98 Å². The van der Waals surface area contributed by atoms with Gasteiger partial charge in [-0.25, -0.2) is 4.98 Å². The first-order valence-corrected chi connectivity index (χ1v) is 5.83. The molecule has 84 valence electrons. The Labute approximate surface area is 93.9 Å². The number of thiazole rings is 1. The van der Waals surface area contributed by atoms with Crippen molar-refractivity contribution in [2.75, 3.05) is 11.9 Å². The monoisotopic (exact) mass is 227 g/mol. The highest BCUT2D eigenvalue weighted by molar-refractivity contribution is 7.13. The van der Waals surface area contributed by atoms with Crippen LogP contribution in [0.4, 0.5) is 5.13 Å². The highest BCUT2D eigenvalue weighted by atomic mass is 32.1. The van der Waals surface area contributed by atoms with E-state index in [1.165, 1.54) is 11.3 Å². The largest absolute Gasteiger partial charge is 0.329 e. The summed E-state index contributed by atoms with van der Waals surface area (Å²) in [6.07, 6.45) is 0.722. The minimum Gasteiger partial charge on any atom is -0.329 e. The average molecular weight is 227 g/mol. The lowest BCUT2D eigenvalue weighted by Gasteiger charge is -2.24. The molecule has 5 heteroatoms. The van der Waals surface area contributed by atoms with Crippen LogP contribution in [0.15, 0.2) is 5.38 Å². The van der Waals surface area contributed by atoms with Gasteiger partial charge < -0.3 is 11.1 Å². The maximum Gasteiger partial charge on any atom is 0.233 e. The normalized spacial score (nSPS) is 14.7. The molecule has 0 saturated heterocycles. The Morgan fingerprint density at radius 2 is 2.40 bits per heavy atom. The molecule has 0 fully saturated rings. The van der Waals surface area contributed by atoms with Crippen molar-refractivity contribution in [3.8, 4) is 0 Å². The predicted molar refractivity (Wildman–Crippen MR) is 62.9 cm³/mol. The van der Waals surface area contributed by atoms with Gasteiger partial charge in [0.15, 0.2) is 5.13 Å². The Kier molecular flexibility index (Phi) is 3.82. The average Bonchev–Trinajstić information content (AvgIpc) is 2.62. The lowest BCUT2D eigenvalue weighted by molar-refractivity contribution is -0.124. The molecule has 1 amide bonds. The molecule has 0 aliphatic heterocycles. The molecule has 4 nitrogen and oxygen atoms in total. The third-order valence-electron chi connectivity index (χ3n) is 2.62. The molecular formula is C10H17N3OS. The van der Waals surface area contributed by atoms with E-state index in [0.29, 0.717) is 11.7 Å². The van der Waals surface area contributed by atoms with Crippen LogP contribution in [0.25, 0.3) is 0 Å². The number of nitrogens with two attached hydrogens (primary N) is 1. The summed E-state index contributed by atoms with van der Waals surface area (Å²) < 4.78 is 0. The van der Waals surface area contributed by atoms with Crippen molar-refractivity contribution in [3.05, 3.63) is 11.1 Å². The van der Waals surface area contributed by atoms with Gasteiger partial charge in [-0.3, -0.25) is 4.79 Å². The summed E-state index contributed by atoms with van der Waals surface area (Å²) in [7, 11) is 0. The van der Waals surface area contributed by atoms with E-state index in [0.717, 1.165) is 12.1 Å². The van der Waals surface area contributed by atoms with Gasteiger partial charge in [0.25, 0.3) is 0 Å². The van der Waals surface area contributed by atoms with Crippen LogP contribution in [0.2, 0.25) is 0 Å². The molecule has 1 aromatic rings. The van der Waals surface area contributed by atoms with Gasteiger partial charge in [0.05, 0.1) is 11.1 Å². The molecule has 0 aromatic carbocycles. The number of aryl methyl sites for hydroxylation is 1. The van der Waals surface area contributed by atoms with Crippen molar-refractivity contribution in [1.29, 1.82) is 0 Å². The molecule has 15 heavy (non-hydrogen) atoms. The van der Waals surface area contributed by atoms with Crippen molar-refractivity contribution >= 4 is 22.4 Å². The van der Waals surface area contributed by atoms with Crippen molar-refractivity contribution in [2.45, 2.75) is 27.2 Å². The molecule has 0 bridgehead atoms. The summed E-state index contributed by atoms with van der Waals surface area (Å²) in [5.74, 6) is -0.0538. The van der Waals surface area contributed by atoms with Crippen LogP contribution in [-0.2, 0) is 4.79 Å². The first-order chi connectivity index (χ1) is 7.01. The van der Waals surface area contributed by atoms with Crippen LogP contribution in [0.5, 0.6) is 0 Å². The molecule has 1 aromatic heterocycles. The fourth-order valence-corrected chi connectivity index (χ4v) is 1.74. The number of carbonyl (C=O) groups is 1. The number of nitrogens with one attached hydrogen (secondary N) is 1. The number of aromatic nitrogens is 1. The van der Waals surface area contributed by atoms with Gasteiger partial charge in [0.2, 0.25) is 5.91 Å². The SMILES string of the molecule is CCC(C)(CN)C(=O)Nc1nc(C)cs1. The fourth-order valence-electron chi connectivity index (χ4n) is 1.06. The minimum atomic E-state index is -0.500. The summed E-state index contributed by atoms with van der Waals surface area (Å²) >= 11 is 1.43. The van der Waals surface area contributed by atoms with Gasteiger partial charge in [-0.2, -0.15) is 0 Å². The fraction of sp³-hybridized carbons (Fsp3) is 0.600. The molecule has 1 rings (SSSR count). The van der Waals surface area contributed by atoms with E-state index in [1.54, 1.807) is 0 Å². The number of rotatable bonds is 4. The third-order valence-corrected chi connectivity index (χ3v) is 3.49. The third kappa shape index (κ3) is 2.76. The number of anilines is 1. The quantitative estimate of drug-likeness (QED) is 0.823. The van der Waals surface area contributed by atoms with E-state index in [9.17, 15) is 4.79 Å². The standard InChI is InChI=1S/C10H17N3OS/c1-4-10(3,6-11)8(14)13-9-12-7(2)5-15-9/h5H,4,6,11H2,1-3H3,(H,12,13,14). The smallest absolute Gasteiger partial charge is 0.233 e. The van der Waals surface area contributed by atoms with E-state index >= 15 is 0 Å². The summed E-state index contributed by atoms with van der Waals surface area (Å²) in [4.78, 5) is 16.1.